The predicted octanol–water partition coefficient (Wildman–Crippen LogP) is 2.62. The van der Waals surface area contributed by atoms with Gasteiger partial charge in [0, 0.05) is 45.6 Å². The van der Waals surface area contributed by atoms with Crippen LogP contribution >= 0.6 is 0 Å². The number of hydrogen-bond donors (Lipinski definition) is 0. The van der Waals surface area contributed by atoms with Gasteiger partial charge in [0.25, 0.3) is 0 Å². The van der Waals surface area contributed by atoms with Crippen molar-refractivity contribution in [1.82, 2.24) is 14.7 Å². The van der Waals surface area contributed by atoms with Crippen molar-refractivity contribution >= 4 is 6.08 Å². The van der Waals surface area contributed by atoms with E-state index in [0.29, 0.717) is 12.5 Å². The van der Waals surface area contributed by atoms with Crippen molar-refractivity contribution in [2.75, 3.05) is 53.7 Å². The van der Waals surface area contributed by atoms with Crippen molar-refractivity contribution in [3.8, 4) is 11.6 Å². The minimum atomic E-state index is -0.105. The second kappa shape index (κ2) is 9.09. The SMILES string of the molecule is COC1C=Cc2cc(-n3nc(OCCN4CCOCC4)cc3C)ccc2C1OC. The molecule has 4 rings (SSSR count). The molecule has 2 aromatic rings. The van der Waals surface area contributed by atoms with Crippen LogP contribution in [0.1, 0.15) is 22.9 Å². The maximum Gasteiger partial charge on any atom is 0.233 e. The second-order valence-corrected chi connectivity index (χ2v) is 7.37. The average molecular weight is 399 g/mol. The molecule has 1 fully saturated rings. The van der Waals surface area contributed by atoms with E-state index in [0.717, 1.165) is 55.4 Å². The number of methoxy groups -OCH3 is 2. The lowest BCUT2D eigenvalue weighted by Crippen LogP contribution is -2.38. The minimum absolute atomic E-state index is 0.0729. The van der Waals surface area contributed by atoms with Crippen LogP contribution in [0.4, 0.5) is 0 Å². The van der Waals surface area contributed by atoms with E-state index in [-0.39, 0.29) is 12.2 Å². The minimum Gasteiger partial charge on any atom is -0.475 e. The summed E-state index contributed by atoms with van der Waals surface area (Å²) in [7, 11) is 3.42. The molecule has 2 heterocycles. The first kappa shape index (κ1) is 20.1. The molecule has 1 saturated heterocycles. The quantitative estimate of drug-likeness (QED) is 0.713. The Morgan fingerprint density at radius 2 is 1.97 bits per heavy atom. The first-order valence-corrected chi connectivity index (χ1v) is 10.1. The Morgan fingerprint density at radius 3 is 2.72 bits per heavy atom. The van der Waals surface area contributed by atoms with Gasteiger partial charge in [0.15, 0.2) is 0 Å². The first-order chi connectivity index (χ1) is 14.2. The van der Waals surface area contributed by atoms with Gasteiger partial charge in [-0.2, -0.15) is 0 Å². The fourth-order valence-electron chi connectivity index (χ4n) is 3.92. The number of fused-ring (bicyclic) bond motifs is 1. The standard InChI is InChI=1S/C22H29N3O4/c1-16-14-21(29-13-10-24-8-11-28-12-9-24)23-25(16)18-5-6-19-17(15-18)4-7-20(26-2)22(19)27-3/h4-7,14-15,20,22H,8-13H2,1-3H3. The summed E-state index contributed by atoms with van der Waals surface area (Å²) in [6, 6.07) is 8.26. The summed E-state index contributed by atoms with van der Waals surface area (Å²) in [4.78, 5) is 2.35. The highest BCUT2D eigenvalue weighted by molar-refractivity contribution is 5.61. The fraction of sp³-hybridized carbons (Fsp3) is 0.500. The second-order valence-electron chi connectivity index (χ2n) is 7.37. The zero-order chi connectivity index (χ0) is 20.2. The van der Waals surface area contributed by atoms with Crippen LogP contribution in [0, 0.1) is 6.92 Å². The van der Waals surface area contributed by atoms with Gasteiger partial charge in [-0.3, -0.25) is 4.90 Å². The number of aryl methyl sites for hydroxylation is 1. The number of morpholine rings is 1. The average Bonchev–Trinajstić information content (AvgIpc) is 3.13. The van der Waals surface area contributed by atoms with E-state index in [2.05, 4.69) is 34.3 Å². The molecule has 1 aliphatic heterocycles. The van der Waals surface area contributed by atoms with Crippen LogP contribution in [0.2, 0.25) is 0 Å². The molecule has 2 unspecified atom stereocenters. The summed E-state index contributed by atoms with van der Waals surface area (Å²) in [5.74, 6) is 0.651. The summed E-state index contributed by atoms with van der Waals surface area (Å²) in [6.45, 7) is 7.08. The Balaban J connectivity index is 1.46. The lowest BCUT2D eigenvalue weighted by molar-refractivity contribution is -0.0138. The third-order valence-corrected chi connectivity index (χ3v) is 5.54. The molecule has 2 aliphatic rings. The lowest BCUT2D eigenvalue weighted by Gasteiger charge is -2.28. The Hall–Kier alpha value is -2.19. The van der Waals surface area contributed by atoms with E-state index < -0.39 is 0 Å². The van der Waals surface area contributed by atoms with Gasteiger partial charge in [-0.15, -0.1) is 5.10 Å². The van der Waals surface area contributed by atoms with Gasteiger partial charge in [0.2, 0.25) is 5.88 Å². The molecular formula is C22H29N3O4. The van der Waals surface area contributed by atoms with Crippen LogP contribution < -0.4 is 4.74 Å². The van der Waals surface area contributed by atoms with Gasteiger partial charge in [-0.1, -0.05) is 18.2 Å². The van der Waals surface area contributed by atoms with Gasteiger partial charge in [0.05, 0.1) is 18.9 Å². The van der Waals surface area contributed by atoms with Crippen molar-refractivity contribution in [2.24, 2.45) is 0 Å². The van der Waals surface area contributed by atoms with Crippen LogP contribution in [0.5, 0.6) is 5.88 Å². The number of aromatic nitrogens is 2. The van der Waals surface area contributed by atoms with Gasteiger partial charge < -0.3 is 18.9 Å². The van der Waals surface area contributed by atoms with Crippen LogP contribution in [-0.4, -0.2) is 74.5 Å². The van der Waals surface area contributed by atoms with Gasteiger partial charge in [-0.05, 0) is 30.2 Å². The van der Waals surface area contributed by atoms with Crippen LogP contribution in [0.15, 0.2) is 30.3 Å². The Kier molecular flexibility index (Phi) is 6.30. The van der Waals surface area contributed by atoms with E-state index in [1.165, 1.54) is 0 Å². The summed E-state index contributed by atoms with van der Waals surface area (Å²) in [5.41, 5.74) is 4.27. The monoisotopic (exact) mass is 399 g/mol. The first-order valence-electron chi connectivity index (χ1n) is 10.1. The smallest absolute Gasteiger partial charge is 0.233 e. The highest BCUT2D eigenvalue weighted by Crippen LogP contribution is 2.33. The fourth-order valence-corrected chi connectivity index (χ4v) is 3.92. The summed E-state index contributed by atoms with van der Waals surface area (Å²) in [5, 5.41) is 4.65. The van der Waals surface area contributed by atoms with E-state index in [1.54, 1.807) is 14.2 Å². The molecule has 0 spiro atoms. The molecule has 0 N–H and O–H groups in total. The molecule has 7 heteroatoms. The van der Waals surface area contributed by atoms with Crippen molar-refractivity contribution in [3.05, 3.63) is 47.2 Å². The number of ether oxygens (including phenoxy) is 4. The summed E-state index contributed by atoms with van der Waals surface area (Å²) < 4.78 is 24.4. The molecule has 0 bridgehead atoms. The third-order valence-electron chi connectivity index (χ3n) is 5.54. The molecule has 29 heavy (non-hydrogen) atoms. The van der Waals surface area contributed by atoms with Crippen molar-refractivity contribution in [2.45, 2.75) is 19.1 Å². The third kappa shape index (κ3) is 4.38. The predicted molar refractivity (Wildman–Crippen MR) is 111 cm³/mol. The summed E-state index contributed by atoms with van der Waals surface area (Å²) in [6.07, 6.45) is 3.94. The number of rotatable bonds is 7. The normalized spacial score (nSPS) is 21.9. The van der Waals surface area contributed by atoms with Gasteiger partial charge in [0.1, 0.15) is 18.8 Å². The molecule has 7 nitrogen and oxygen atoms in total. The molecule has 1 aliphatic carbocycles. The zero-order valence-corrected chi connectivity index (χ0v) is 17.3. The largest absolute Gasteiger partial charge is 0.475 e. The van der Waals surface area contributed by atoms with Crippen LogP contribution in [0.3, 0.4) is 0 Å². The molecule has 1 aromatic heterocycles. The molecule has 0 amide bonds. The maximum absolute atomic E-state index is 5.90. The van der Waals surface area contributed by atoms with E-state index in [4.69, 9.17) is 18.9 Å². The summed E-state index contributed by atoms with van der Waals surface area (Å²) >= 11 is 0. The molecule has 1 aromatic carbocycles. The van der Waals surface area contributed by atoms with E-state index in [1.807, 2.05) is 23.7 Å². The van der Waals surface area contributed by atoms with Crippen molar-refractivity contribution in [3.63, 3.8) is 0 Å². The highest BCUT2D eigenvalue weighted by Gasteiger charge is 2.26. The van der Waals surface area contributed by atoms with Crippen LogP contribution in [0.25, 0.3) is 11.8 Å². The van der Waals surface area contributed by atoms with Crippen LogP contribution in [-0.2, 0) is 14.2 Å². The number of benzene rings is 1. The van der Waals surface area contributed by atoms with Crippen molar-refractivity contribution in [1.29, 1.82) is 0 Å². The molecule has 2 atom stereocenters. The lowest BCUT2D eigenvalue weighted by atomic mass is 9.92. The Morgan fingerprint density at radius 1 is 1.14 bits per heavy atom. The maximum atomic E-state index is 5.90. The van der Waals surface area contributed by atoms with E-state index in [9.17, 15) is 0 Å². The topological polar surface area (TPSA) is 58.0 Å². The Labute approximate surface area is 171 Å². The molecule has 156 valence electrons. The van der Waals surface area contributed by atoms with Gasteiger partial charge in [-0.25, -0.2) is 4.68 Å². The molecular weight excluding hydrogens is 370 g/mol. The van der Waals surface area contributed by atoms with E-state index >= 15 is 0 Å². The number of hydrogen-bond acceptors (Lipinski definition) is 6. The molecule has 0 saturated carbocycles. The zero-order valence-electron chi connectivity index (χ0n) is 17.3. The molecule has 0 radical (unpaired) electrons. The van der Waals surface area contributed by atoms with Gasteiger partial charge >= 0.3 is 0 Å². The Bertz CT molecular complexity index is 858. The highest BCUT2D eigenvalue weighted by atomic mass is 16.5. The van der Waals surface area contributed by atoms with Crippen molar-refractivity contribution < 1.29 is 18.9 Å². The number of nitrogens with zero attached hydrogens (tertiary/aromatic N) is 3.